The van der Waals surface area contributed by atoms with E-state index in [9.17, 15) is 9.90 Å². The van der Waals surface area contributed by atoms with Gasteiger partial charge in [0.05, 0.1) is 6.04 Å². The highest BCUT2D eigenvalue weighted by Gasteiger charge is 2.35. The summed E-state index contributed by atoms with van der Waals surface area (Å²) in [5, 5.41) is 10.8. The molecule has 2 atom stereocenters. The highest BCUT2D eigenvalue weighted by molar-refractivity contribution is 6.31. The zero-order valence-corrected chi connectivity index (χ0v) is 13.2. The molecule has 0 spiro atoms. The van der Waals surface area contributed by atoms with Crippen molar-refractivity contribution in [2.24, 2.45) is 7.05 Å². The average Bonchev–Trinajstić information content (AvgIpc) is 3.14. The van der Waals surface area contributed by atoms with E-state index < -0.39 is 6.10 Å². The van der Waals surface area contributed by atoms with Gasteiger partial charge in [0.2, 0.25) is 0 Å². The minimum absolute atomic E-state index is 0.0182. The van der Waals surface area contributed by atoms with E-state index in [1.54, 1.807) is 29.2 Å². The van der Waals surface area contributed by atoms with Crippen LogP contribution in [0.15, 0.2) is 42.6 Å². The number of benzene rings is 1. The van der Waals surface area contributed by atoms with Crippen molar-refractivity contribution in [3.05, 3.63) is 58.9 Å². The van der Waals surface area contributed by atoms with E-state index in [-0.39, 0.29) is 11.9 Å². The molecule has 1 N–H and O–H groups in total. The van der Waals surface area contributed by atoms with E-state index in [4.69, 9.17) is 11.6 Å². The molecule has 0 bridgehead atoms. The van der Waals surface area contributed by atoms with Crippen LogP contribution in [0.1, 0.15) is 36.2 Å². The number of aryl methyl sites for hydroxylation is 1. The van der Waals surface area contributed by atoms with E-state index in [2.05, 4.69) is 0 Å². The normalized spacial score (nSPS) is 19.4. The summed E-state index contributed by atoms with van der Waals surface area (Å²) in [4.78, 5) is 14.5. The van der Waals surface area contributed by atoms with Gasteiger partial charge in [0.25, 0.3) is 5.91 Å². The number of amides is 1. The molecule has 0 unspecified atom stereocenters. The molecule has 1 aromatic carbocycles. The van der Waals surface area contributed by atoms with Crippen molar-refractivity contribution in [3.63, 3.8) is 0 Å². The summed E-state index contributed by atoms with van der Waals surface area (Å²) in [6, 6.07) is 11.0. The maximum absolute atomic E-state index is 12.7. The lowest BCUT2D eigenvalue weighted by Gasteiger charge is -2.27. The zero-order valence-electron chi connectivity index (χ0n) is 12.4. The fourth-order valence-electron chi connectivity index (χ4n) is 3.15. The van der Waals surface area contributed by atoms with Crippen molar-refractivity contribution in [2.45, 2.75) is 25.0 Å². The Labute approximate surface area is 134 Å². The third kappa shape index (κ3) is 2.64. The molecule has 1 fully saturated rings. The zero-order chi connectivity index (χ0) is 15.7. The fourth-order valence-corrected chi connectivity index (χ4v) is 3.38. The first kappa shape index (κ1) is 15.1. The van der Waals surface area contributed by atoms with Crippen molar-refractivity contribution in [2.75, 3.05) is 6.54 Å². The number of hydrogen-bond donors (Lipinski definition) is 1. The lowest BCUT2D eigenvalue weighted by Crippen LogP contribution is -2.35. The van der Waals surface area contributed by atoms with Crippen molar-refractivity contribution in [3.8, 4) is 0 Å². The number of hydrogen-bond acceptors (Lipinski definition) is 2. The smallest absolute Gasteiger partial charge is 0.256 e. The number of carbonyl (C=O) groups is 1. The number of rotatable bonds is 3. The molecule has 22 heavy (non-hydrogen) atoms. The monoisotopic (exact) mass is 318 g/mol. The van der Waals surface area contributed by atoms with Gasteiger partial charge in [-0.25, -0.2) is 0 Å². The number of aliphatic hydroxyl groups excluding tert-OH is 1. The molecular formula is C17H19ClN2O2. The van der Waals surface area contributed by atoms with Crippen LogP contribution < -0.4 is 0 Å². The third-order valence-electron chi connectivity index (χ3n) is 4.29. The Morgan fingerprint density at radius 2 is 2.09 bits per heavy atom. The lowest BCUT2D eigenvalue weighted by atomic mass is 10.1. The fraction of sp³-hybridized carbons (Fsp3) is 0.353. The minimum atomic E-state index is -1.21. The maximum Gasteiger partial charge on any atom is 0.256 e. The topological polar surface area (TPSA) is 45.5 Å². The molecule has 1 aliphatic rings. The molecule has 116 valence electrons. The molecule has 4 nitrogen and oxygen atoms in total. The summed E-state index contributed by atoms with van der Waals surface area (Å²) in [6.07, 6.45) is 2.62. The first-order valence-electron chi connectivity index (χ1n) is 7.44. The van der Waals surface area contributed by atoms with E-state index in [1.165, 1.54) is 0 Å². The van der Waals surface area contributed by atoms with Gasteiger partial charge in [0, 0.05) is 36.1 Å². The molecule has 0 saturated carbocycles. The van der Waals surface area contributed by atoms with Crippen LogP contribution in [0.3, 0.4) is 0 Å². The number of likely N-dealkylation sites (tertiary alicyclic amines) is 1. The van der Waals surface area contributed by atoms with Gasteiger partial charge >= 0.3 is 0 Å². The Balaban J connectivity index is 1.85. The van der Waals surface area contributed by atoms with Crippen LogP contribution in [0, 0.1) is 0 Å². The molecule has 0 radical (unpaired) electrons. The summed E-state index contributed by atoms with van der Waals surface area (Å²) in [5.41, 5.74) is 1.56. The van der Waals surface area contributed by atoms with Crippen LogP contribution in [0.2, 0.25) is 5.02 Å². The average molecular weight is 319 g/mol. The van der Waals surface area contributed by atoms with Crippen LogP contribution >= 0.6 is 11.6 Å². The Kier molecular flexibility index (Phi) is 4.23. The van der Waals surface area contributed by atoms with Gasteiger partial charge < -0.3 is 14.6 Å². The predicted octanol–water partition coefficient (Wildman–Crippen LogP) is 3.08. The van der Waals surface area contributed by atoms with Crippen LogP contribution in [0.4, 0.5) is 0 Å². The number of aromatic nitrogens is 1. The molecule has 2 aromatic rings. The molecule has 3 rings (SSSR count). The molecule has 5 heteroatoms. The number of aliphatic hydroxyl groups is 1. The first-order chi connectivity index (χ1) is 10.6. The SMILES string of the molecule is Cn1cccc1[C@@H]1CCCN1C(=O)[C@H](O)c1ccccc1Cl. The van der Waals surface area contributed by atoms with Gasteiger partial charge in [-0.05, 0) is 31.0 Å². The van der Waals surface area contributed by atoms with E-state index in [0.717, 1.165) is 18.5 Å². The first-order valence-corrected chi connectivity index (χ1v) is 7.81. The van der Waals surface area contributed by atoms with E-state index in [0.29, 0.717) is 17.1 Å². The van der Waals surface area contributed by atoms with Crippen LogP contribution in [-0.2, 0) is 11.8 Å². The lowest BCUT2D eigenvalue weighted by molar-refractivity contribution is -0.141. The second-order valence-electron chi connectivity index (χ2n) is 5.66. The highest BCUT2D eigenvalue weighted by Crippen LogP contribution is 2.35. The molecule has 2 heterocycles. The van der Waals surface area contributed by atoms with E-state index in [1.807, 2.05) is 29.9 Å². The summed E-state index contributed by atoms with van der Waals surface area (Å²) < 4.78 is 2.03. The van der Waals surface area contributed by atoms with Crippen LogP contribution in [0.25, 0.3) is 0 Å². The van der Waals surface area contributed by atoms with Gasteiger partial charge in [0.15, 0.2) is 6.10 Å². The van der Waals surface area contributed by atoms with Gasteiger partial charge in [-0.2, -0.15) is 0 Å². The maximum atomic E-state index is 12.7. The Morgan fingerprint density at radius 3 is 2.77 bits per heavy atom. The van der Waals surface area contributed by atoms with Crippen molar-refractivity contribution >= 4 is 17.5 Å². The van der Waals surface area contributed by atoms with E-state index >= 15 is 0 Å². The molecule has 1 aliphatic heterocycles. The van der Waals surface area contributed by atoms with Gasteiger partial charge in [-0.15, -0.1) is 0 Å². The molecule has 0 aliphatic carbocycles. The summed E-state index contributed by atoms with van der Waals surface area (Å²) in [5.74, 6) is -0.281. The van der Waals surface area contributed by atoms with Crippen molar-refractivity contribution in [1.82, 2.24) is 9.47 Å². The number of nitrogens with zero attached hydrogens (tertiary/aromatic N) is 2. The molecule has 1 saturated heterocycles. The predicted molar refractivity (Wildman–Crippen MR) is 85.5 cm³/mol. The van der Waals surface area contributed by atoms with Crippen LogP contribution in [0.5, 0.6) is 0 Å². The Morgan fingerprint density at radius 1 is 1.32 bits per heavy atom. The summed E-state index contributed by atoms with van der Waals surface area (Å²) in [7, 11) is 1.97. The van der Waals surface area contributed by atoms with Gasteiger partial charge in [-0.1, -0.05) is 29.8 Å². The quantitative estimate of drug-likeness (QED) is 0.945. The minimum Gasteiger partial charge on any atom is -0.378 e. The highest BCUT2D eigenvalue weighted by atomic mass is 35.5. The summed E-state index contributed by atoms with van der Waals surface area (Å²) >= 11 is 6.10. The molecule has 1 aromatic heterocycles. The number of carbonyl (C=O) groups excluding carboxylic acids is 1. The second kappa shape index (κ2) is 6.15. The van der Waals surface area contributed by atoms with Crippen LogP contribution in [-0.4, -0.2) is 27.0 Å². The van der Waals surface area contributed by atoms with Gasteiger partial charge in [-0.3, -0.25) is 4.79 Å². The summed E-state index contributed by atoms with van der Waals surface area (Å²) in [6.45, 7) is 0.663. The number of halogens is 1. The third-order valence-corrected chi connectivity index (χ3v) is 4.64. The molecule has 1 amide bonds. The second-order valence-corrected chi connectivity index (χ2v) is 6.06. The van der Waals surface area contributed by atoms with Crippen molar-refractivity contribution < 1.29 is 9.90 Å². The molecular weight excluding hydrogens is 300 g/mol. The van der Waals surface area contributed by atoms with Crippen molar-refractivity contribution in [1.29, 1.82) is 0 Å². The Bertz CT molecular complexity index is 683. The standard InChI is InChI=1S/C17H19ClN2O2/c1-19-10-4-8-14(19)15-9-5-11-20(15)17(22)16(21)12-6-2-3-7-13(12)18/h2-4,6-8,10,15-16,21H,5,9,11H2,1H3/t15-,16+/m0/s1. The van der Waals surface area contributed by atoms with Gasteiger partial charge in [0.1, 0.15) is 0 Å². The largest absolute Gasteiger partial charge is 0.378 e. The Hall–Kier alpha value is -1.78.